The summed E-state index contributed by atoms with van der Waals surface area (Å²) in [5.74, 6) is -0.790. The number of hydrogen-bond donors (Lipinski definition) is 2. The molecule has 2 aromatic carbocycles. The summed E-state index contributed by atoms with van der Waals surface area (Å²) >= 11 is 0. The fourth-order valence-corrected chi connectivity index (χ4v) is 5.44. The minimum Gasteiger partial charge on any atom is -0.342 e. The molecular formula is C34H44FN5O3. The third-order valence-corrected chi connectivity index (χ3v) is 8.18. The SMILES string of the molecule is CNC(C)C(=O)NC(C(=O)N1CCCC1CN(CCc1ccc(F)cc1)C(=O)c1ccn(-c2ccccc2)c1)C(C)(C)C. The third-order valence-electron chi connectivity index (χ3n) is 8.18. The lowest BCUT2D eigenvalue weighted by molar-refractivity contribution is -0.140. The van der Waals surface area contributed by atoms with Crippen molar-refractivity contribution < 1.29 is 18.8 Å². The lowest BCUT2D eigenvalue weighted by atomic mass is 9.85. The number of amides is 3. The van der Waals surface area contributed by atoms with E-state index >= 15 is 0 Å². The van der Waals surface area contributed by atoms with Crippen molar-refractivity contribution in [1.29, 1.82) is 0 Å². The van der Waals surface area contributed by atoms with Gasteiger partial charge in [-0.25, -0.2) is 4.39 Å². The number of benzene rings is 2. The molecule has 1 saturated heterocycles. The smallest absolute Gasteiger partial charge is 0.255 e. The molecule has 0 spiro atoms. The van der Waals surface area contributed by atoms with Crippen LogP contribution in [0.15, 0.2) is 73.1 Å². The standard InChI is InChI=1S/C34H44FN5O3/c1-24(36-5)31(41)37-30(34(2,3)4)33(43)40-19-9-12-29(40)23-39(20-17-25-13-15-27(35)16-14-25)32(42)26-18-21-38(22-26)28-10-7-6-8-11-28/h6-8,10-11,13-16,18,21-22,24,29-30,36H,9,12,17,19-20,23H2,1-5H3,(H,37,41). The van der Waals surface area contributed by atoms with Crippen LogP contribution in [0.25, 0.3) is 5.69 Å². The minimum atomic E-state index is -0.709. The molecule has 3 amide bonds. The second kappa shape index (κ2) is 14.0. The molecule has 8 nitrogen and oxygen atoms in total. The van der Waals surface area contributed by atoms with Crippen LogP contribution in [0, 0.1) is 11.2 Å². The zero-order valence-electron chi connectivity index (χ0n) is 25.8. The van der Waals surface area contributed by atoms with Crippen molar-refractivity contribution in [2.75, 3.05) is 26.7 Å². The minimum absolute atomic E-state index is 0.125. The van der Waals surface area contributed by atoms with Crippen molar-refractivity contribution in [2.24, 2.45) is 5.41 Å². The first-order valence-corrected chi connectivity index (χ1v) is 15.0. The van der Waals surface area contributed by atoms with Gasteiger partial charge in [0.05, 0.1) is 11.6 Å². The number of nitrogens with zero attached hydrogens (tertiary/aromatic N) is 3. The van der Waals surface area contributed by atoms with Gasteiger partial charge in [0.25, 0.3) is 5.91 Å². The van der Waals surface area contributed by atoms with Crippen LogP contribution >= 0.6 is 0 Å². The molecule has 9 heteroatoms. The fourth-order valence-electron chi connectivity index (χ4n) is 5.44. The van der Waals surface area contributed by atoms with Crippen molar-refractivity contribution in [2.45, 2.75) is 65.1 Å². The van der Waals surface area contributed by atoms with Gasteiger partial charge in [-0.1, -0.05) is 51.1 Å². The van der Waals surface area contributed by atoms with E-state index in [0.717, 1.165) is 24.1 Å². The van der Waals surface area contributed by atoms with Crippen LogP contribution in [0.2, 0.25) is 0 Å². The first-order chi connectivity index (χ1) is 20.5. The maximum atomic E-state index is 14.0. The van der Waals surface area contributed by atoms with Crippen molar-refractivity contribution in [3.8, 4) is 5.69 Å². The van der Waals surface area contributed by atoms with Gasteiger partial charge in [0.1, 0.15) is 11.9 Å². The largest absolute Gasteiger partial charge is 0.342 e. The Morgan fingerprint density at radius 2 is 1.74 bits per heavy atom. The average molecular weight is 590 g/mol. The lowest BCUT2D eigenvalue weighted by Gasteiger charge is -2.37. The number of nitrogens with one attached hydrogen (secondary N) is 2. The topological polar surface area (TPSA) is 86.7 Å². The highest BCUT2D eigenvalue weighted by atomic mass is 19.1. The molecule has 4 rings (SSSR count). The van der Waals surface area contributed by atoms with Crippen molar-refractivity contribution in [1.82, 2.24) is 25.0 Å². The summed E-state index contributed by atoms with van der Waals surface area (Å²) in [5, 5.41) is 5.90. The molecule has 0 bridgehead atoms. The molecule has 2 N–H and O–H groups in total. The quantitative estimate of drug-likeness (QED) is 0.347. The van der Waals surface area contributed by atoms with Gasteiger partial charge in [0.15, 0.2) is 0 Å². The van der Waals surface area contributed by atoms with E-state index in [1.165, 1.54) is 12.1 Å². The van der Waals surface area contributed by atoms with Crippen LogP contribution in [0.5, 0.6) is 0 Å². The number of carbonyl (C=O) groups excluding carboxylic acids is 3. The maximum Gasteiger partial charge on any atom is 0.255 e. The van der Waals surface area contributed by atoms with Gasteiger partial charge in [0, 0.05) is 43.8 Å². The number of likely N-dealkylation sites (N-methyl/N-ethyl adjacent to an activating group) is 1. The Morgan fingerprint density at radius 1 is 1.05 bits per heavy atom. The van der Waals surface area contributed by atoms with Gasteiger partial charge in [0.2, 0.25) is 11.8 Å². The Bertz CT molecular complexity index is 1380. The number of aromatic nitrogens is 1. The number of para-hydroxylation sites is 1. The molecule has 3 unspecified atom stereocenters. The molecule has 2 heterocycles. The lowest BCUT2D eigenvalue weighted by Crippen LogP contribution is -2.59. The monoisotopic (exact) mass is 589 g/mol. The molecule has 3 aromatic rings. The number of hydrogen-bond acceptors (Lipinski definition) is 4. The van der Waals surface area contributed by atoms with E-state index in [2.05, 4.69) is 10.6 Å². The van der Waals surface area contributed by atoms with Gasteiger partial charge in [-0.15, -0.1) is 0 Å². The molecule has 43 heavy (non-hydrogen) atoms. The summed E-state index contributed by atoms with van der Waals surface area (Å²) in [6.07, 6.45) is 5.82. The molecule has 0 saturated carbocycles. The van der Waals surface area contributed by atoms with Crippen molar-refractivity contribution >= 4 is 17.7 Å². The summed E-state index contributed by atoms with van der Waals surface area (Å²) in [6, 6.07) is 16.6. The van der Waals surface area contributed by atoms with E-state index in [-0.39, 0.29) is 29.6 Å². The number of likely N-dealkylation sites (tertiary alicyclic amines) is 1. The number of halogens is 1. The van der Waals surface area contributed by atoms with Crippen LogP contribution in [0.1, 0.15) is 56.5 Å². The summed E-state index contributed by atoms with van der Waals surface area (Å²) in [4.78, 5) is 44.4. The van der Waals surface area contributed by atoms with Gasteiger partial charge < -0.3 is 25.0 Å². The first kappa shape index (κ1) is 31.9. The van der Waals surface area contributed by atoms with E-state index < -0.39 is 17.5 Å². The van der Waals surface area contributed by atoms with Crippen LogP contribution in [0.3, 0.4) is 0 Å². The van der Waals surface area contributed by atoms with E-state index in [4.69, 9.17) is 0 Å². The summed E-state index contributed by atoms with van der Waals surface area (Å²) in [6.45, 7) is 8.94. The second-order valence-corrected chi connectivity index (χ2v) is 12.4. The molecule has 0 aliphatic carbocycles. The number of carbonyl (C=O) groups is 3. The first-order valence-electron chi connectivity index (χ1n) is 15.0. The Labute approximate surface area is 254 Å². The Hall–Kier alpha value is -3.98. The third kappa shape index (κ3) is 8.10. The molecule has 230 valence electrons. The maximum absolute atomic E-state index is 14.0. The highest BCUT2D eigenvalue weighted by molar-refractivity contribution is 5.94. The van der Waals surface area contributed by atoms with E-state index in [9.17, 15) is 18.8 Å². The van der Waals surface area contributed by atoms with E-state index in [1.807, 2.05) is 79.0 Å². The number of rotatable bonds is 11. The predicted molar refractivity (Wildman–Crippen MR) is 166 cm³/mol. The van der Waals surface area contributed by atoms with Crippen molar-refractivity contribution in [3.05, 3.63) is 90.0 Å². The molecule has 3 atom stereocenters. The summed E-state index contributed by atoms with van der Waals surface area (Å²) < 4.78 is 15.4. The molecule has 1 aliphatic heterocycles. The van der Waals surface area contributed by atoms with Gasteiger partial charge in [-0.05, 0) is 74.5 Å². The summed E-state index contributed by atoms with van der Waals surface area (Å²) in [5.41, 5.74) is 1.93. The zero-order valence-corrected chi connectivity index (χ0v) is 25.8. The Kier molecular flexibility index (Phi) is 10.4. The van der Waals surface area contributed by atoms with Crippen LogP contribution < -0.4 is 10.6 Å². The van der Waals surface area contributed by atoms with Crippen LogP contribution in [-0.2, 0) is 16.0 Å². The van der Waals surface area contributed by atoms with Crippen LogP contribution in [-0.4, -0.2) is 76.9 Å². The van der Waals surface area contributed by atoms with E-state index in [0.29, 0.717) is 31.6 Å². The van der Waals surface area contributed by atoms with Crippen LogP contribution in [0.4, 0.5) is 4.39 Å². The molecule has 1 fully saturated rings. The fraction of sp³-hybridized carbons (Fsp3) is 0.441. The Balaban J connectivity index is 1.56. The van der Waals surface area contributed by atoms with Crippen molar-refractivity contribution in [3.63, 3.8) is 0 Å². The van der Waals surface area contributed by atoms with Gasteiger partial charge in [-0.2, -0.15) is 0 Å². The Morgan fingerprint density at radius 3 is 2.40 bits per heavy atom. The summed E-state index contributed by atoms with van der Waals surface area (Å²) in [7, 11) is 1.71. The highest BCUT2D eigenvalue weighted by Gasteiger charge is 2.40. The molecule has 1 aliphatic rings. The average Bonchev–Trinajstić information content (AvgIpc) is 3.68. The normalized spacial score (nSPS) is 16.5. The molecule has 1 aromatic heterocycles. The van der Waals surface area contributed by atoms with Gasteiger partial charge >= 0.3 is 0 Å². The van der Waals surface area contributed by atoms with Gasteiger partial charge in [-0.3, -0.25) is 14.4 Å². The van der Waals surface area contributed by atoms with E-state index in [1.54, 1.807) is 31.0 Å². The molecule has 0 radical (unpaired) electrons. The zero-order chi connectivity index (χ0) is 31.1. The second-order valence-electron chi connectivity index (χ2n) is 12.4. The highest BCUT2D eigenvalue weighted by Crippen LogP contribution is 2.27. The molecular weight excluding hydrogens is 545 g/mol. The predicted octanol–water partition coefficient (Wildman–Crippen LogP) is 4.43.